The van der Waals surface area contributed by atoms with Gasteiger partial charge in [-0.2, -0.15) is 5.10 Å². The number of aromatic nitrogens is 2. The highest BCUT2D eigenvalue weighted by atomic mass is 15.3. The Morgan fingerprint density at radius 1 is 1.69 bits per heavy atom. The summed E-state index contributed by atoms with van der Waals surface area (Å²) in [6.45, 7) is 2.75. The van der Waals surface area contributed by atoms with Gasteiger partial charge in [-0.15, -0.1) is 0 Å². The molecular weight excluding hydrogens is 166 g/mol. The summed E-state index contributed by atoms with van der Waals surface area (Å²) >= 11 is 0. The molecule has 13 heavy (non-hydrogen) atoms. The van der Waals surface area contributed by atoms with E-state index in [0.29, 0.717) is 12.2 Å². The van der Waals surface area contributed by atoms with E-state index in [-0.39, 0.29) is 6.04 Å². The lowest BCUT2D eigenvalue weighted by Crippen LogP contribution is -2.26. The van der Waals surface area contributed by atoms with Crippen molar-refractivity contribution in [2.75, 3.05) is 18.1 Å². The number of hydrogen-bond donors (Lipinski definition) is 3. The second kappa shape index (κ2) is 4.13. The first-order valence-electron chi connectivity index (χ1n) is 4.43. The maximum absolute atomic E-state index is 5.81. The number of nitrogens with zero attached hydrogens (tertiary/aromatic N) is 2. The van der Waals surface area contributed by atoms with Crippen LogP contribution in [0.15, 0.2) is 6.20 Å². The quantitative estimate of drug-likeness (QED) is 0.624. The van der Waals surface area contributed by atoms with Gasteiger partial charge in [0.05, 0.1) is 18.4 Å². The largest absolute Gasteiger partial charge is 0.394 e. The molecule has 1 heterocycles. The van der Waals surface area contributed by atoms with E-state index in [1.165, 1.54) is 0 Å². The van der Waals surface area contributed by atoms with Gasteiger partial charge in [0.25, 0.3) is 0 Å². The summed E-state index contributed by atoms with van der Waals surface area (Å²) in [6.07, 6.45) is 2.57. The lowest BCUT2D eigenvalue weighted by molar-refractivity contribution is 0.504. The van der Waals surface area contributed by atoms with E-state index in [1.54, 1.807) is 10.9 Å². The number of nitrogen functional groups attached to an aromatic ring is 1. The molecule has 0 aliphatic rings. The van der Waals surface area contributed by atoms with Gasteiger partial charge in [-0.3, -0.25) is 0 Å². The first-order chi connectivity index (χ1) is 6.19. The summed E-state index contributed by atoms with van der Waals surface area (Å²) in [7, 11) is 1.82. The van der Waals surface area contributed by atoms with E-state index in [2.05, 4.69) is 17.3 Å². The minimum atomic E-state index is 0.131. The van der Waals surface area contributed by atoms with Gasteiger partial charge in [-0.1, -0.05) is 6.92 Å². The molecule has 5 nitrogen and oxygen atoms in total. The molecule has 0 amide bonds. The second-order valence-electron chi connectivity index (χ2n) is 3.05. The monoisotopic (exact) mass is 183 g/mol. The minimum Gasteiger partial charge on any atom is -0.394 e. The highest BCUT2D eigenvalue weighted by Crippen LogP contribution is 2.16. The molecule has 1 aromatic rings. The van der Waals surface area contributed by atoms with Crippen molar-refractivity contribution in [3.63, 3.8) is 0 Å². The van der Waals surface area contributed by atoms with Crippen LogP contribution < -0.4 is 16.8 Å². The van der Waals surface area contributed by atoms with Gasteiger partial charge in [0.1, 0.15) is 5.82 Å². The van der Waals surface area contributed by atoms with Crippen molar-refractivity contribution < 1.29 is 0 Å². The molecule has 0 fully saturated rings. The zero-order valence-electron chi connectivity index (χ0n) is 8.12. The molecule has 0 saturated heterocycles. The highest BCUT2D eigenvalue weighted by molar-refractivity contribution is 5.60. The Labute approximate surface area is 78.1 Å². The fourth-order valence-corrected chi connectivity index (χ4v) is 1.16. The molecule has 5 heteroatoms. The summed E-state index contributed by atoms with van der Waals surface area (Å²) in [5.74, 6) is 0.837. The van der Waals surface area contributed by atoms with Crippen LogP contribution in [0.2, 0.25) is 0 Å². The summed E-state index contributed by atoms with van der Waals surface area (Å²) in [4.78, 5) is 0. The van der Waals surface area contributed by atoms with Crippen LogP contribution in [0, 0.1) is 0 Å². The maximum atomic E-state index is 5.81. The number of hydrogen-bond acceptors (Lipinski definition) is 4. The molecule has 0 aliphatic heterocycles. The van der Waals surface area contributed by atoms with Gasteiger partial charge in [0, 0.05) is 13.1 Å². The molecule has 5 N–H and O–H groups in total. The molecular formula is C8H17N5. The molecule has 0 spiro atoms. The molecule has 0 saturated carbocycles. The Bertz CT molecular complexity index is 267. The van der Waals surface area contributed by atoms with E-state index in [1.807, 2.05) is 7.05 Å². The SMILES string of the molecule is CCC(N)Cn1ncc(N)c1NC. The third-order valence-electron chi connectivity index (χ3n) is 2.04. The summed E-state index contributed by atoms with van der Waals surface area (Å²) in [5.41, 5.74) is 12.1. The van der Waals surface area contributed by atoms with Crippen molar-refractivity contribution in [1.82, 2.24) is 9.78 Å². The van der Waals surface area contributed by atoms with Gasteiger partial charge in [0.2, 0.25) is 0 Å². The van der Waals surface area contributed by atoms with E-state index < -0.39 is 0 Å². The van der Waals surface area contributed by atoms with E-state index in [9.17, 15) is 0 Å². The molecule has 1 aromatic heterocycles. The third kappa shape index (κ3) is 2.12. The fourth-order valence-electron chi connectivity index (χ4n) is 1.16. The van der Waals surface area contributed by atoms with E-state index in [4.69, 9.17) is 11.5 Å². The zero-order valence-corrected chi connectivity index (χ0v) is 8.12. The first kappa shape index (κ1) is 9.85. The summed E-state index contributed by atoms with van der Waals surface area (Å²) in [6, 6.07) is 0.131. The average molecular weight is 183 g/mol. The predicted octanol–water partition coefficient (Wildman–Crippen LogP) is 0.244. The Hall–Kier alpha value is -1.23. The lowest BCUT2D eigenvalue weighted by atomic mass is 10.2. The van der Waals surface area contributed by atoms with Crippen molar-refractivity contribution in [1.29, 1.82) is 0 Å². The summed E-state index contributed by atoms with van der Waals surface area (Å²) in [5, 5.41) is 7.12. The topological polar surface area (TPSA) is 81.9 Å². The van der Waals surface area contributed by atoms with E-state index >= 15 is 0 Å². The van der Waals surface area contributed by atoms with Gasteiger partial charge in [0.15, 0.2) is 0 Å². The molecule has 0 radical (unpaired) electrons. The molecule has 0 bridgehead atoms. The van der Waals surface area contributed by atoms with Crippen LogP contribution in [-0.2, 0) is 6.54 Å². The Kier molecular flexibility index (Phi) is 3.13. The van der Waals surface area contributed by atoms with Crippen LogP contribution in [0.25, 0.3) is 0 Å². The smallest absolute Gasteiger partial charge is 0.147 e. The van der Waals surface area contributed by atoms with Gasteiger partial charge in [-0.05, 0) is 6.42 Å². The van der Waals surface area contributed by atoms with Crippen molar-refractivity contribution >= 4 is 11.5 Å². The van der Waals surface area contributed by atoms with Crippen LogP contribution in [0.4, 0.5) is 11.5 Å². The van der Waals surface area contributed by atoms with Crippen LogP contribution in [0.1, 0.15) is 13.3 Å². The lowest BCUT2D eigenvalue weighted by Gasteiger charge is -2.11. The predicted molar refractivity (Wildman–Crippen MR) is 54.5 cm³/mol. The highest BCUT2D eigenvalue weighted by Gasteiger charge is 2.08. The normalized spacial score (nSPS) is 12.8. The number of nitrogens with two attached hydrogens (primary N) is 2. The number of rotatable bonds is 4. The van der Waals surface area contributed by atoms with Crippen LogP contribution in [-0.4, -0.2) is 22.9 Å². The van der Waals surface area contributed by atoms with Gasteiger partial charge >= 0.3 is 0 Å². The first-order valence-corrected chi connectivity index (χ1v) is 4.43. The minimum absolute atomic E-state index is 0.131. The maximum Gasteiger partial charge on any atom is 0.147 e. The van der Waals surface area contributed by atoms with Gasteiger partial charge < -0.3 is 16.8 Å². The van der Waals surface area contributed by atoms with E-state index in [0.717, 1.165) is 12.2 Å². The Morgan fingerprint density at radius 3 is 2.92 bits per heavy atom. The van der Waals surface area contributed by atoms with Crippen LogP contribution in [0.3, 0.4) is 0 Å². The standard InChI is InChI=1S/C8H17N5/c1-3-6(9)5-13-8(11-2)7(10)4-12-13/h4,6,11H,3,5,9-10H2,1-2H3. The van der Waals surface area contributed by atoms with Crippen LogP contribution >= 0.6 is 0 Å². The molecule has 0 aliphatic carbocycles. The van der Waals surface area contributed by atoms with Crippen molar-refractivity contribution in [2.45, 2.75) is 25.9 Å². The fraction of sp³-hybridized carbons (Fsp3) is 0.625. The third-order valence-corrected chi connectivity index (χ3v) is 2.04. The second-order valence-corrected chi connectivity index (χ2v) is 3.05. The Balaban J connectivity index is 2.76. The van der Waals surface area contributed by atoms with Crippen molar-refractivity contribution in [2.24, 2.45) is 5.73 Å². The van der Waals surface area contributed by atoms with Crippen LogP contribution in [0.5, 0.6) is 0 Å². The van der Waals surface area contributed by atoms with Gasteiger partial charge in [-0.25, -0.2) is 4.68 Å². The molecule has 1 rings (SSSR count). The number of anilines is 2. The average Bonchev–Trinajstić information content (AvgIpc) is 2.46. The van der Waals surface area contributed by atoms with Crippen molar-refractivity contribution in [3.8, 4) is 0 Å². The molecule has 1 unspecified atom stereocenters. The molecule has 74 valence electrons. The van der Waals surface area contributed by atoms with Crippen molar-refractivity contribution in [3.05, 3.63) is 6.20 Å². The Morgan fingerprint density at radius 2 is 2.38 bits per heavy atom. The zero-order chi connectivity index (χ0) is 9.84. The summed E-state index contributed by atoms with van der Waals surface area (Å²) < 4.78 is 1.80. The number of nitrogens with one attached hydrogen (secondary N) is 1. The molecule has 1 atom stereocenters. The molecule has 0 aromatic carbocycles.